The summed E-state index contributed by atoms with van der Waals surface area (Å²) in [7, 11) is -3.24. The highest BCUT2D eigenvalue weighted by atomic mass is 32.2. The Labute approximate surface area is 124 Å². The number of benzene rings is 1. The maximum Gasteiger partial charge on any atom is 0.253 e. The van der Waals surface area contributed by atoms with Gasteiger partial charge in [-0.3, -0.25) is 4.79 Å². The van der Waals surface area contributed by atoms with Crippen molar-refractivity contribution in [3.63, 3.8) is 0 Å². The number of aromatic nitrogens is 1. The smallest absolute Gasteiger partial charge is 0.253 e. The number of fused-ring (bicyclic) bond motifs is 1. The molecule has 0 radical (unpaired) electrons. The first-order valence-electron chi connectivity index (χ1n) is 7.01. The van der Waals surface area contributed by atoms with Crippen LogP contribution in [0.3, 0.4) is 0 Å². The molecule has 5 nitrogen and oxygen atoms in total. The lowest BCUT2D eigenvalue weighted by atomic mass is 10.1. The van der Waals surface area contributed by atoms with Gasteiger partial charge in [0.1, 0.15) is 0 Å². The maximum atomic E-state index is 12.2. The van der Waals surface area contributed by atoms with Crippen LogP contribution in [0.5, 0.6) is 0 Å². The van der Waals surface area contributed by atoms with Crippen molar-refractivity contribution in [3.8, 4) is 0 Å². The molecule has 1 N–H and O–H groups in total. The highest BCUT2D eigenvalue weighted by Gasteiger charge is 2.10. The largest absolute Gasteiger partial charge is 0.307 e. The zero-order chi connectivity index (χ0) is 15.5. The van der Waals surface area contributed by atoms with E-state index in [-0.39, 0.29) is 17.9 Å². The predicted octanol–water partition coefficient (Wildman–Crippen LogP) is 1.64. The Kier molecular flexibility index (Phi) is 4.80. The number of nitrogens with zero attached hydrogens (tertiary/aromatic N) is 1. The van der Waals surface area contributed by atoms with Crippen molar-refractivity contribution in [2.75, 3.05) is 12.3 Å². The van der Waals surface area contributed by atoms with Crippen molar-refractivity contribution in [2.45, 2.75) is 26.8 Å². The fourth-order valence-electron chi connectivity index (χ4n) is 2.35. The molecule has 21 heavy (non-hydrogen) atoms. The highest BCUT2D eigenvalue weighted by molar-refractivity contribution is 7.89. The number of nitrogens with one attached hydrogen (secondary N) is 1. The molecule has 0 amide bonds. The summed E-state index contributed by atoms with van der Waals surface area (Å²) in [6.45, 7) is 4.13. The van der Waals surface area contributed by atoms with E-state index in [0.29, 0.717) is 18.5 Å². The first-order valence-corrected chi connectivity index (χ1v) is 8.66. The van der Waals surface area contributed by atoms with Crippen LogP contribution in [-0.2, 0) is 16.6 Å². The third-order valence-electron chi connectivity index (χ3n) is 3.31. The summed E-state index contributed by atoms with van der Waals surface area (Å²) in [6.07, 6.45) is 0.572. The molecule has 0 atom stereocenters. The van der Waals surface area contributed by atoms with Crippen LogP contribution >= 0.6 is 0 Å². The van der Waals surface area contributed by atoms with E-state index in [9.17, 15) is 13.2 Å². The summed E-state index contributed by atoms with van der Waals surface area (Å²) in [4.78, 5) is 12.2. The van der Waals surface area contributed by atoms with Gasteiger partial charge in [-0.1, -0.05) is 25.1 Å². The lowest BCUT2D eigenvalue weighted by molar-refractivity contribution is 0.571. The monoisotopic (exact) mass is 308 g/mol. The Bertz CT molecular complexity index is 794. The summed E-state index contributed by atoms with van der Waals surface area (Å²) >= 11 is 0. The van der Waals surface area contributed by atoms with Crippen LogP contribution in [0.2, 0.25) is 0 Å². The van der Waals surface area contributed by atoms with Gasteiger partial charge in [-0.2, -0.15) is 0 Å². The molecule has 114 valence electrons. The van der Waals surface area contributed by atoms with Crippen LogP contribution in [-0.4, -0.2) is 25.3 Å². The zero-order valence-corrected chi connectivity index (χ0v) is 13.1. The van der Waals surface area contributed by atoms with Crippen molar-refractivity contribution >= 4 is 20.9 Å². The van der Waals surface area contributed by atoms with E-state index in [2.05, 4.69) is 4.72 Å². The maximum absolute atomic E-state index is 12.2. The van der Waals surface area contributed by atoms with Gasteiger partial charge in [-0.15, -0.1) is 0 Å². The number of hydrogen-bond acceptors (Lipinski definition) is 3. The highest BCUT2D eigenvalue weighted by Crippen LogP contribution is 2.12. The lowest BCUT2D eigenvalue weighted by Crippen LogP contribution is -2.32. The Hall–Kier alpha value is -1.66. The third-order valence-corrected chi connectivity index (χ3v) is 4.90. The topological polar surface area (TPSA) is 68.2 Å². The summed E-state index contributed by atoms with van der Waals surface area (Å²) in [5, 5.41) is 0.978. The average molecular weight is 308 g/mol. The molecule has 0 bridgehead atoms. The van der Waals surface area contributed by atoms with Crippen molar-refractivity contribution in [1.29, 1.82) is 0 Å². The van der Waals surface area contributed by atoms with E-state index in [1.165, 1.54) is 0 Å². The third kappa shape index (κ3) is 3.71. The molecule has 0 fully saturated rings. The van der Waals surface area contributed by atoms with E-state index in [4.69, 9.17) is 0 Å². The van der Waals surface area contributed by atoms with Gasteiger partial charge < -0.3 is 4.57 Å². The number of para-hydroxylation sites is 1. The first-order chi connectivity index (χ1) is 9.94. The van der Waals surface area contributed by atoms with Crippen LogP contribution in [0, 0.1) is 6.92 Å². The number of hydrogen-bond donors (Lipinski definition) is 1. The van der Waals surface area contributed by atoms with Crippen LogP contribution < -0.4 is 10.3 Å². The molecule has 0 aliphatic heterocycles. The first kappa shape index (κ1) is 15.7. The predicted molar refractivity (Wildman–Crippen MR) is 85.0 cm³/mol. The molecule has 1 heterocycles. The van der Waals surface area contributed by atoms with E-state index >= 15 is 0 Å². The van der Waals surface area contributed by atoms with E-state index in [0.717, 1.165) is 10.9 Å². The fourth-order valence-corrected chi connectivity index (χ4v) is 3.43. The lowest BCUT2D eigenvalue weighted by Gasteiger charge is -2.12. The van der Waals surface area contributed by atoms with E-state index in [1.54, 1.807) is 11.5 Å². The second-order valence-electron chi connectivity index (χ2n) is 5.06. The van der Waals surface area contributed by atoms with Crippen molar-refractivity contribution in [2.24, 2.45) is 0 Å². The van der Waals surface area contributed by atoms with E-state index in [1.807, 2.05) is 37.3 Å². The van der Waals surface area contributed by atoms with Gasteiger partial charge in [0.05, 0.1) is 11.3 Å². The van der Waals surface area contributed by atoms with Crippen LogP contribution in [0.15, 0.2) is 35.1 Å². The number of rotatable bonds is 6. The number of aryl methyl sites for hydroxylation is 1. The van der Waals surface area contributed by atoms with Gasteiger partial charge in [-0.25, -0.2) is 13.1 Å². The van der Waals surface area contributed by atoms with Gasteiger partial charge in [0, 0.05) is 18.7 Å². The minimum Gasteiger partial charge on any atom is -0.307 e. The summed E-state index contributed by atoms with van der Waals surface area (Å²) in [6, 6.07) is 9.46. The van der Waals surface area contributed by atoms with Gasteiger partial charge in [-0.05, 0) is 30.9 Å². The summed E-state index contributed by atoms with van der Waals surface area (Å²) < 4.78 is 27.4. The van der Waals surface area contributed by atoms with Crippen LogP contribution in [0.4, 0.5) is 0 Å². The Morgan fingerprint density at radius 3 is 2.67 bits per heavy atom. The molecular formula is C15H20N2O3S. The second kappa shape index (κ2) is 6.41. The fraction of sp³-hybridized carbons (Fsp3) is 0.400. The molecule has 0 saturated heterocycles. The molecule has 1 aromatic heterocycles. The van der Waals surface area contributed by atoms with Gasteiger partial charge >= 0.3 is 0 Å². The molecule has 0 spiro atoms. The molecule has 1 aromatic carbocycles. The number of sulfonamides is 1. The number of pyridine rings is 1. The second-order valence-corrected chi connectivity index (χ2v) is 6.98. The van der Waals surface area contributed by atoms with Crippen molar-refractivity contribution < 1.29 is 8.42 Å². The standard InChI is InChI=1S/C15H20N2O3S/c1-3-10-21(19,20)16-8-9-17-14-7-5-4-6-13(14)11-12(2)15(17)18/h4-7,11,16H,3,8-10H2,1-2H3. The van der Waals surface area contributed by atoms with Gasteiger partial charge in [0.2, 0.25) is 10.0 Å². The van der Waals surface area contributed by atoms with Crippen molar-refractivity contribution in [3.05, 3.63) is 46.2 Å². The quantitative estimate of drug-likeness (QED) is 0.882. The van der Waals surface area contributed by atoms with E-state index < -0.39 is 10.0 Å². The molecule has 0 aliphatic carbocycles. The van der Waals surface area contributed by atoms with Crippen LogP contribution in [0.1, 0.15) is 18.9 Å². The molecule has 2 aromatic rings. The van der Waals surface area contributed by atoms with Crippen LogP contribution in [0.25, 0.3) is 10.9 Å². The molecule has 0 unspecified atom stereocenters. The molecular weight excluding hydrogens is 288 g/mol. The van der Waals surface area contributed by atoms with Crippen molar-refractivity contribution in [1.82, 2.24) is 9.29 Å². The minimum atomic E-state index is -3.24. The summed E-state index contributed by atoms with van der Waals surface area (Å²) in [5.74, 6) is 0.108. The molecule has 0 saturated carbocycles. The Morgan fingerprint density at radius 2 is 1.95 bits per heavy atom. The van der Waals surface area contributed by atoms with Gasteiger partial charge in [0.15, 0.2) is 0 Å². The average Bonchev–Trinajstić information content (AvgIpc) is 2.43. The SMILES string of the molecule is CCCS(=O)(=O)NCCn1c(=O)c(C)cc2ccccc21. The zero-order valence-electron chi connectivity index (χ0n) is 12.3. The Balaban J connectivity index is 2.26. The normalized spacial score (nSPS) is 11.9. The Morgan fingerprint density at radius 1 is 1.24 bits per heavy atom. The van der Waals surface area contributed by atoms with Gasteiger partial charge in [0.25, 0.3) is 5.56 Å². The molecule has 0 aliphatic rings. The summed E-state index contributed by atoms with van der Waals surface area (Å²) in [5.41, 5.74) is 1.40. The molecule has 6 heteroatoms. The molecule has 2 rings (SSSR count). The minimum absolute atomic E-state index is 0.0802.